The number of carbonyl (C=O) groups is 1. The highest BCUT2D eigenvalue weighted by Crippen LogP contribution is 2.35. The molecule has 1 aromatic heterocycles. The lowest BCUT2D eigenvalue weighted by Gasteiger charge is -2.35. The summed E-state index contributed by atoms with van der Waals surface area (Å²) in [5.41, 5.74) is 2.10. The lowest BCUT2D eigenvalue weighted by Crippen LogP contribution is -2.48. The zero-order valence-corrected chi connectivity index (χ0v) is 11.3. The van der Waals surface area contributed by atoms with Gasteiger partial charge in [-0.1, -0.05) is 0 Å². The number of hydrogen-bond donors (Lipinski definition) is 0. The monoisotopic (exact) mass is 262 g/mol. The van der Waals surface area contributed by atoms with E-state index in [2.05, 4.69) is 14.9 Å². The van der Waals surface area contributed by atoms with Gasteiger partial charge in [-0.2, -0.15) is 0 Å². The highest BCUT2D eigenvalue weighted by Gasteiger charge is 2.29. The SMILES string of the molecule is CC(=O)N1CCN(c2ncnc3c2C(C)OC3)CC1. The van der Waals surface area contributed by atoms with Crippen molar-refractivity contribution in [2.75, 3.05) is 31.1 Å². The van der Waals surface area contributed by atoms with Crippen LogP contribution in [0.1, 0.15) is 31.2 Å². The molecule has 0 radical (unpaired) electrons. The molecule has 6 nitrogen and oxygen atoms in total. The Balaban J connectivity index is 1.81. The molecule has 1 saturated heterocycles. The first-order chi connectivity index (χ1) is 9.16. The average Bonchev–Trinajstić information content (AvgIpc) is 2.81. The lowest BCUT2D eigenvalue weighted by atomic mass is 10.1. The average molecular weight is 262 g/mol. The van der Waals surface area contributed by atoms with Gasteiger partial charge >= 0.3 is 0 Å². The molecule has 0 bridgehead atoms. The van der Waals surface area contributed by atoms with E-state index in [4.69, 9.17) is 4.74 Å². The van der Waals surface area contributed by atoms with Gasteiger partial charge in [-0.25, -0.2) is 9.97 Å². The number of piperazine rings is 1. The molecule has 3 rings (SSSR count). The highest BCUT2D eigenvalue weighted by molar-refractivity contribution is 5.73. The van der Waals surface area contributed by atoms with Crippen molar-refractivity contribution in [1.29, 1.82) is 0 Å². The molecule has 0 aliphatic carbocycles. The Kier molecular flexibility index (Phi) is 3.10. The van der Waals surface area contributed by atoms with Crippen LogP contribution in [0.2, 0.25) is 0 Å². The maximum atomic E-state index is 11.3. The Morgan fingerprint density at radius 3 is 2.74 bits per heavy atom. The minimum Gasteiger partial charge on any atom is -0.367 e. The maximum absolute atomic E-state index is 11.3. The summed E-state index contributed by atoms with van der Waals surface area (Å²) < 4.78 is 5.62. The van der Waals surface area contributed by atoms with E-state index < -0.39 is 0 Å². The molecule has 1 amide bonds. The van der Waals surface area contributed by atoms with Gasteiger partial charge < -0.3 is 14.5 Å². The summed E-state index contributed by atoms with van der Waals surface area (Å²) >= 11 is 0. The molecular weight excluding hydrogens is 244 g/mol. The number of amides is 1. The lowest BCUT2D eigenvalue weighted by molar-refractivity contribution is -0.129. The fourth-order valence-electron chi connectivity index (χ4n) is 2.73. The number of aromatic nitrogens is 2. The fourth-order valence-corrected chi connectivity index (χ4v) is 2.73. The summed E-state index contributed by atoms with van der Waals surface area (Å²) in [4.78, 5) is 24.1. The van der Waals surface area contributed by atoms with Crippen molar-refractivity contribution >= 4 is 11.7 Å². The van der Waals surface area contributed by atoms with Gasteiger partial charge in [0.1, 0.15) is 12.1 Å². The van der Waals surface area contributed by atoms with Crippen molar-refractivity contribution in [1.82, 2.24) is 14.9 Å². The third-order valence-electron chi connectivity index (χ3n) is 3.85. The molecule has 19 heavy (non-hydrogen) atoms. The summed E-state index contributed by atoms with van der Waals surface area (Å²) in [6.07, 6.45) is 1.66. The third kappa shape index (κ3) is 2.16. The van der Waals surface area contributed by atoms with Crippen molar-refractivity contribution in [3.63, 3.8) is 0 Å². The van der Waals surface area contributed by atoms with Crippen molar-refractivity contribution in [2.24, 2.45) is 0 Å². The Morgan fingerprint density at radius 1 is 1.32 bits per heavy atom. The first-order valence-corrected chi connectivity index (χ1v) is 6.62. The number of fused-ring (bicyclic) bond motifs is 1. The van der Waals surface area contributed by atoms with E-state index in [0.717, 1.165) is 43.3 Å². The van der Waals surface area contributed by atoms with Gasteiger partial charge in [0, 0.05) is 38.7 Å². The van der Waals surface area contributed by atoms with Crippen molar-refractivity contribution in [3.05, 3.63) is 17.6 Å². The van der Waals surface area contributed by atoms with Crippen LogP contribution >= 0.6 is 0 Å². The Labute approximate surface area is 112 Å². The maximum Gasteiger partial charge on any atom is 0.219 e. The van der Waals surface area contributed by atoms with Gasteiger partial charge in [-0.05, 0) is 6.92 Å². The van der Waals surface area contributed by atoms with E-state index in [1.54, 1.807) is 13.3 Å². The second-order valence-electron chi connectivity index (χ2n) is 5.00. The summed E-state index contributed by atoms with van der Waals surface area (Å²) in [5, 5.41) is 0. The topological polar surface area (TPSA) is 58.6 Å². The molecule has 1 unspecified atom stereocenters. The van der Waals surface area contributed by atoms with Gasteiger partial charge in [0.15, 0.2) is 0 Å². The van der Waals surface area contributed by atoms with Gasteiger partial charge in [0.05, 0.1) is 18.4 Å². The molecule has 6 heteroatoms. The predicted octanol–water partition coefficient (Wildman–Crippen LogP) is 0.736. The molecule has 1 aromatic rings. The van der Waals surface area contributed by atoms with Crippen molar-refractivity contribution < 1.29 is 9.53 Å². The summed E-state index contributed by atoms with van der Waals surface area (Å²) in [6.45, 7) is 7.36. The standard InChI is InChI=1S/C13H18N4O2/c1-9-12-11(7-19-9)14-8-15-13(12)17-5-3-16(4-6-17)10(2)18/h8-9H,3-7H2,1-2H3. The van der Waals surface area contributed by atoms with E-state index in [0.29, 0.717) is 6.61 Å². The fraction of sp³-hybridized carbons (Fsp3) is 0.615. The van der Waals surface area contributed by atoms with E-state index in [9.17, 15) is 4.79 Å². The second kappa shape index (κ2) is 4.77. The first kappa shape index (κ1) is 12.3. The minimum atomic E-state index is 0.0528. The van der Waals surface area contributed by atoms with Crippen LogP contribution in [0.4, 0.5) is 5.82 Å². The second-order valence-corrected chi connectivity index (χ2v) is 5.00. The molecule has 102 valence electrons. The van der Waals surface area contributed by atoms with E-state index in [-0.39, 0.29) is 12.0 Å². The number of rotatable bonds is 1. The predicted molar refractivity (Wildman–Crippen MR) is 69.7 cm³/mol. The number of anilines is 1. The molecule has 1 fully saturated rings. The van der Waals surface area contributed by atoms with Crippen LogP contribution < -0.4 is 4.90 Å². The molecule has 2 aliphatic rings. The molecule has 1 atom stereocenters. The Bertz CT molecular complexity index is 497. The van der Waals surface area contributed by atoms with Gasteiger partial charge in [0.25, 0.3) is 0 Å². The largest absolute Gasteiger partial charge is 0.367 e. The zero-order chi connectivity index (χ0) is 13.4. The summed E-state index contributed by atoms with van der Waals surface area (Å²) in [5.74, 6) is 1.11. The van der Waals surface area contributed by atoms with E-state index >= 15 is 0 Å². The number of hydrogen-bond acceptors (Lipinski definition) is 5. The number of carbonyl (C=O) groups excluding carboxylic acids is 1. The highest BCUT2D eigenvalue weighted by atomic mass is 16.5. The number of nitrogens with zero attached hydrogens (tertiary/aromatic N) is 4. The van der Waals surface area contributed by atoms with E-state index in [1.807, 2.05) is 11.8 Å². The molecule has 2 aliphatic heterocycles. The van der Waals surface area contributed by atoms with Crippen LogP contribution in [0.5, 0.6) is 0 Å². The van der Waals surface area contributed by atoms with Crippen LogP contribution in [0.3, 0.4) is 0 Å². The van der Waals surface area contributed by atoms with Crippen LogP contribution in [0.25, 0.3) is 0 Å². The Morgan fingerprint density at radius 2 is 2.05 bits per heavy atom. The molecule has 0 N–H and O–H groups in total. The van der Waals surface area contributed by atoms with E-state index in [1.165, 1.54) is 0 Å². The zero-order valence-electron chi connectivity index (χ0n) is 11.3. The smallest absolute Gasteiger partial charge is 0.219 e. The molecule has 0 aromatic carbocycles. The van der Waals surface area contributed by atoms with Crippen molar-refractivity contribution in [3.8, 4) is 0 Å². The Hall–Kier alpha value is -1.69. The quantitative estimate of drug-likeness (QED) is 0.747. The van der Waals surface area contributed by atoms with Gasteiger partial charge in [-0.3, -0.25) is 4.79 Å². The van der Waals surface area contributed by atoms with Crippen LogP contribution in [0.15, 0.2) is 6.33 Å². The normalized spacial score (nSPS) is 22.5. The van der Waals surface area contributed by atoms with Crippen LogP contribution in [0, 0.1) is 0 Å². The number of ether oxygens (including phenoxy) is 1. The van der Waals surface area contributed by atoms with Gasteiger partial charge in [0.2, 0.25) is 5.91 Å². The van der Waals surface area contributed by atoms with Gasteiger partial charge in [-0.15, -0.1) is 0 Å². The molecule has 0 saturated carbocycles. The third-order valence-corrected chi connectivity index (χ3v) is 3.85. The first-order valence-electron chi connectivity index (χ1n) is 6.62. The molecular formula is C13H18N4O2. The summed E-state index contributed by atoms with van der Waals surface area (Å²) in [7, 11) is 0. The van der Waals surface area contributed by atoms with Crippen LogP contribution in [-0.2, 0) is 16.1 Å². The van der Waals surface area contributed by atoms with Crippen LogP contribution in [-0.4, -0.2) is 47.0 Å². The summed E-state index contributed by atoms with van der Waals surface area (Å²) in [6, 6.07) is 0. The molecule has 3 heterocycles. The van der Waals surface area contributed by atoms with Crippen molar-refractivity contribution in [2.45, 2.75) is 26.6 Å². The minimum absolute atomic E-state index is 0.0528. The molecule has 0 spiro atoms.